The Bertz CT molecular complexity index is 805. The van der Waals surface area contributed by atoms with E-state index in [4.69, 9.17) is 9.72 Å². The van der Waals surface area contributed by atoms with Gasteiger partial charge in [-0.15, -0.1) is 0 Å². The molecule has 26 heavy (non-hydrogen) atoms. The zero-order chi connectivity index (χ0) is 19.9. The molecule has 0 spiro atoms. The summed E-state index contributed by atoms with van der Waals surface area (Å²) in [4.78, 5) is 9.58. The topological polar surface area (TPSA) is 35.0 Å². The maximum atomic E-state index is 7.06. The van der Waals surface area contributed by atoms with E-state index < -0.39 is 0 Å². The smallest absolute Gasteiger partial charge is 0.125 e. The van der Waals surface area contributed by atoms with E-state index in [1.54, 1.807) is 0 Å². The minimum Gasteiger partial charge on any atom is -0.367 e. The molecule has 0 N–H and O–H groups in total. The molecular weight excluding hydrogens is 320 g/mol. The monoisotopic (exact) mass is 356 g/mol. The van der Waals surface area contributed by atoms with Crippen LogP contribution in [0.25, 0.3) is 5.57 Å². The first-order valence-electron chi connectivity index (χ1n) is 9.98. The van der Waals surface area contributed by atoms with Crippen molar-refractivity contribution in [2.45, 2.75) is 99.7 Å². The highest BCUT2D eigenvalue weighted by Gasteiger charge is 2.70. The minimum atomic E-state index is -0.328. The van der Waals surface area contributed by atoms with Gasteiger partial charge in [-0.1, -0.05) is 40.2 Å². The Kier molecular flexibility index (Phi) is 4.06. The summed E-state index contributed by atoms with van der Waals surface area (Å²) in [5, 5.41) is 0. The fourth-order valence-corrected chi connectivity index (χ4v) is 5.64. The van der Waals surface area contributed by atoms with E-state index in [0.29, 0.717) is 0 Å². The van der Waals surface area contributed by atoms with Gasteiger partial charge in [0.1, 0.15) is 5.82 Å². The third-order valence-corrected chi connectivity index (χ3v) is 8.69. The molecule has 2 aliphatic rings. The van der Waals surface area contributed by atoms with Crippen molar-refractivity contribution in [2.24, 2.45) is 10.8 Å². The molecule has 1 aliphatic heterocycles. The van der Waals surface area contributed by atoms with Gasteiger partial charge in [0.15, 0.2) is 0 Å². The van der Waals surface area contributed by atoms with Crippen LogP contribution < -0.4 is 0 Å². The van der Waals surface area contributed by atoms with Crippen LogP contribution in [0.2, 0.25) is 0 Å². The molecule has 0 saturated carbocycles. The zero-order valence-electron chi connectivity index (χ0n) is 18.6. The summed E-state index contributed by atoms with van der Waals surface area (Å²) in [6.45, 7) is 25.0. The number of hydrogen-bond donors (Lipinski definition) is 0. The number of allylic oxidation sites excluding steroid dienone is 1. The second-order valence-electron chi connectivity index (χ2n) is 9.90. The normalized spacial score (nSPS) is 35.1. The number of aromatic nitrogens is 2. The molecule has 1 saturated heterocycles. The van der Waals surface area contributed by atoms with E-state index in [0.717, 1.165) is 23.6 Å². The molecule has 3 heteroatoms. The average molecular weight is 357 g/mol. The van der Waals surface area contributed by atoms with E-state index in [9.17, 15) is 0 Å². The highest BCUT2D eigenvalue weighted by molar-refractivity contribution is 5.77. The largest absolute Gasteiger partial charge is 0.367 e. The molecule has 3 nitrogen and oxygen atoms in total. The van der Waals surface area contributed by atoms with Crippen LogP contribution in [0.1, 0.15) is 97.4 Å². The first kappa shape index (κ1) is 19.5. The van der Waals surface area contributed by atoms with Crippen LogP contribution in [-0.4, -0.2) is 21.2 Å². The van der Waals surface area contributed by atoms with Crippen LogP contribution in [0.5, 0.6) is 0 Å². The molecule has 0 radical (unpaired) electrons. The van der Waals surface area contributed by atoms with Gasteiger partial charge in [-0.2, -0.15) is 0 Å². The predicted octanol–water partition coefficient (Wildman–Crippen LogP) is 5.99. The molecule has 2 heterocycles. The van der Waals surface area contributed by atoms with Crippen molar-refractivity contribution >= 4 is 5.57 Å². The Balaban J connectivity index is 2.28. The SMILES string of the molecule is CC[C@@]1(C)O[C@@](C)(C2C(C)=C(C)c3c(C)nc(C)nc32)C(C)(C)C1(C)C. The summed E-state index contributed by atoms with van der Waals surface area (Å²) in [6, 6.07) is 0. The average Bonchev–Trinajstić information content (AvgIpc) is 2.82. The van der Waals surface area contributed by atoms with E-state index in [1.165, 1.54) is 16.7 Å². The molecule has 1 unspecified atom stereocenters. The lowest BCUT2D eigenvalue weighted by atomic mass is 9.53. The van der Waals surface area contributed by atoms with Crippen LogP contribution in [0.3, 0.4) is 0 Å². The van der Waals surface area contributed by atoms with Crippen LogP contribution >= 0.6 is 0 Å². The van der Waals surface area contributed by atoms with Gasteiger partial charge in [-0.25, -0.2) is 9.97 Å². The standard InChI is InChI=1S/C23H36N2O/c1-12-22(10)20(6,7)21(8,9)23(11,26-22)18-14(3)13(2)17-15(4)24-16(5)25-19(17)18/h18H,12H2,1-11H3/t18?,22-,23+/m1/s1. The van der Waals surface area contributed by atoms with Gasteiger partial charge in [0.05, 0.1) is 22.8 Å². The van der Waals surface area contributed by atoms with Crippen molar-refractivity contribution in [3.63, 3.8) is 0 Å². The van der Waals surface area contributed by atoms with Gasteiger partial charge >= 0.3 is 0 Å². The van der Waals surface area contributed by atoms with Crippen molar-refractivity contribution in [2.75, 3.05) is 0 Å². The Morgan fingerprint density at radius 1 is 0.885 bits per heavy atom. The van der Waals surface area contributed by atoms with Crippen molar-refractivity contribution in [1.82, 2.24) is 9.97 Å². The van der Waals surface area contributed by atoms with Crippen molar-refractivity contribution in [1.29, 1.82) is 0 Å². The molecule has 1 aliphatic carbocycles. The quantitative estimate of drug-likeness (QED) is 0.652. The van der Waals surface area contributed by atoms with E-state index in [2.05, 4.69) is 74.2 Å². The number of rotatable bonds is 2. The van der Waals surface area contributed by atoms with Crippen LogP contribution in [0, 0.1) is 24.7 Å². The molecule has 0 aromatic carbocycles. The maximum Gasteiger partial charge on any atom is 0.125 e. The molecule has 1 fully saturated rings. The number of aryl methyl sites for hydroxylation is 2. The van der Waals surface area contributed by atoms with Gasteiger partial charge in [0.25, 0.3) is 0 Å². The molecule has 3 rings (SSSR count). The van der Waals surface area contributed by atoms with Gasteiger partial charge < -0.3 is 4.74 Å². The van der Waals surface area contributed by atoms with E-state index in [1.807, 2.05) is 6.92 Å². The van der Waals surface area contributed by atoms with Crippen molar-refractivity contribution in [3.8, 4) is 0 Å². The third kappa shape index (κ3) is 2.04. The number of nitrogens with zero attached hydrogens (tertiary/aromatic N) is 2. The maximum absolute atomic E-state index is 7.06. The lowest BCUT2D eigenvalue weighted by Crippen LogP contribution is -2.49. The Hall–Kier alpha value is -1.22. The molecule has 144 valence electrons. The van der Waals surface area contributed by atoms with E-state index >= 15 is 0 Å². The molecular formula is C23H36N2O. The fraction of sp³-hybridized carbons (Fsp3) is 0.739. The molecule has 0 amide bonds. The predicted molar refractivity (Wildman–Crippen MR) is 108 cm³/mol. The van der Waals surface area contributed by atoms with Gasteiger partial charge in [0, 0.05) is 22.1 Å². The van der Waals surface area contributed by atoms with Gasteiger partial charge in [-0.05, 0) is 53.5 Å². The van der Waals surface area contributed by atoms with Gasteiger partial charge in [0.2, 0.25) is 0 Å². The summed E-state index contributed by atoms with van der Waals surface area (Å²) in [5.41, 5.74) is 5.72. The Labute approximate surface area is 159 Å². The Morgan fingerprint density at radius 3 is 1.96 bits per heavy atom. The molecule has 3 atom stereocenters. The minimum absolute atomic E-state index is 0.0225. The number of hydrogen-bond acceptors (Lipinski definition) is 3. The third-order valence-electron chi connectivity index (χ3n) is 8.69. The zero-order valence-corrected chi connectivity index (χ0v) is 18.6. The van der Waals surface area contributed by atoms with Crippen LogP contribution in [0.15, 0.2) is 5.57 Å². The van der Waals surface area contributed by atoms with Crippen molar-refractivity contribution in [3.05, 3.63) is 28.3 Å². The first-order valence-corrected chi connectivity index (χ1v) is 9.98. The van der Waals surface area contributed by atoms with Crippen molar-refractivity contribution < 1.29 is 4.74 Å². The molecule has 0 bridgehead atoms. The highest BCUT2D eigenvalue weighted by Crippen LogP contribution is 2.69. The lowest BCUT2D eigenvalue weighted by molar-refractivity contribution is -0.123. The second kappa shape index (κ2) is 5.41. The summed E-state index contributed by atoms with van der Waals surface area (Å²) in [5.74, 6) is 1.02. The molecule has 1 aromatic rings. The summed E-state index contributed by atoms with van der Waals surface area (Å²) < 4.78 is 7.06. The highest BCUT2D eigenvalue weighted by atomic mass is 16.5. The first-order chi connectivity index (χ1) is 11.7. The summed E-state index contributed by atoms with van der Waals surface area (Å²) in [7, 11) is 0. The molecule has 1 aromatic heterocycles. The lowest BCUT2D eigenvalue weighted by Gasteiger charge is -2.48. The van der Waals surface area contributed by atoms with Crippen LogP contribution in [0.4, 0.5) is 0 Å². The summed E-state index contributed by atoms with van der Waals surface area (Å²) >= 11 is 0. The van der Waals surface area contributed by atoms with E-state index in [-0.39, 0.29) is 27.9 Å². The van der Waals surface area contributed by atoms with Gasteiger partial charge in [-0.3, -0.25) is 0 Å². The fourth-order valence-electron chi connectivity index (χ4n) is 5.64. The summed E-state index contributed by atoms with van der Waals surface area (Å²) in [6.07, 6.45) is 1.00. The number of fused-ring (bicyclic) bond motifs is 1. The Morgan fingerprint density at radius 2 is 1.46 bits per heavy atom. The number of ether oxygens (including phenoxy) is 1. The van der Waals surface area contributed by atoms with Crippen LogP contribution in [-0.2, 0) is 4.74 Å². The second-order valence-corrected chi connectivity index (χ2v) is 9.90.